The summed E-state index contributed by atoms with van der Waals surface area (Å²) in [6.45, 7) is 8.65. The van der Waals surface area contributed by atoms with Crippen molar-refractivity contribution in [3.8, 4) is 17.4 Å². The molecular weight excluding hydrogens is 782 g/mol. The number of primary amides is 1. The summed E-state index contributed by atoms with van der Waals surface area (Å²) in [5.41, 5.74) is 6.35. The van der Waals surface area contributed by atoms with E-state index in [0.717, 1.165) is 64.6 Å². The predicted octanol–water partition coefficient (Wildman–Crippen LogP) is 5.42. The Morgan fingerprint density at radius 2 is 1.73 bits per heavy atom. The molecule has 1 aromatic heterocycles. The maximum Gasteiger partial charge on any atom is 0.408 e. The van der Waals surface area contributed by atoms with Crippen molar-refractivity contribution in [2.24, 2.45) is 35.3 Å². The minimum Gasteiger partial charge on any atom is -0.491 e. The van der Waals surface area contributed by atoms with Gasteiger partial charge in [0.2, 0.25) is 17.7 Å². The third-order valence-corrected chi connectivity index (χ3v) is 13.3. The predicted molar refractivity (Wildman–Crippen MR) is 219 cm³/mol. The van der Waals surface area contributed by atoms with E-state index in [1.807, 2.05) is 13.0 Å². The summed E-state index contributed by atoms with van der Waals surface area (Å²) in [5.74, 6) is 1.07. The molecule has 4 N–H and O–H groups in total. The number of amides is 3. The Balaban J connectivity index is 1.00. The van der Waals surface area contributed by atoms with Gasteiger partial charge in [0.15, 0.2) is 0 Å². The molecule has 3 heterocycles. The van der Waals surface area contributed by atoms with Crippen LogP contribution in [0.25, 0.3) is 10.9 Å². The lowest BCUT2D eigenvalue weighted by Crippen LogP contribution is -2.53. The highest BCUT2D eigenvalue weighted by atomic mass is 35.5. The third kappa shape index (κ3) is 11.0. The molecule has 1 aromatic carbocycles. The fourth-order valence-electron chi connectivity index (χ4n) is 9.35. The van der Waals surface area contributed by atoms with Crippen molar-refractivity contribution in [1.82, 2.24) is 20.1 Å². The van der Waals surface area contributed by atoms with E-state index in [2.05, 4.69) is 22.1 Å². The van der Waals surface area contributed by atoms with Crippen molar-refractivity contribution in [3.63, 3.8) is 0 Å². The first-order valence-electron chi connectivity index (χ1n) is 21.6. The maximum atomic E-state index is 14.4. The molecule has 3 aliphatic carbocycles. The van der Waals surface area contributed by atoms with Crippen molar-refractivity contribution >= 4 is 46.4 Å². The second-order valence-electron chi connectivity index (χ2n) is 17.1. The number of halogens is 1. The standard InChI is InChI=1S/C43H60ClN5O10/c1-3-56-37-23-36(30-10-11-35(38(44)39(30)47-37)57-17-14-48-12-15-55-16-13-48)58-29-21-34(40(45)50)49(24-29)41(51)33(46-43(54)59-28-19-26-18-27(26)20-28)9-7-5-4-6-8-25(2)31-22-32(31)42(52)53/h10-11,23,25-29,31-34H,3-9,12-22,24H2,1-2H3,(H2,45,50)(H,46,54)(H,52,53)/t25?,26-,27+,28?,29?,31-,32-,33-,34-/m0/s1. The number of alkyl carbamates (subject to hydrolysis) is 1. The summed E-state index contributed by atoms with van der Waals surface area (Å²) < 4.78 is 29.6. The quantitative estimate of drug-likeness (QED) is 0.136. The number of likely N-dealkylation sites (tertiary alicyclic amines) is 1. The number of carbonyl (C=O) groups is 4. The average molecular weight is 842 g/mol. The molecule has 2 aromatic rings. The Kier molecular flexibility index (Phi) is 14.2. The van der Waals surface area contributed by atoms with Crippen molar-refractivity contribution in [1.29, 1.82) is 0 Å². The third-order valence-electron chi connectivity index (χ3n) is 12.9. The SMILES string of the molecule is CCOc1cc(OC2C[C@@H](C(N)=O)N(C(=O)[C@H](CCCCCCC(C)[C@@H]3C[C@@H]3C(=O)O)NC(=O)OC3C[C@@H]4C[C@@H]4C3)C2)c2ccc(OCCN3CCOCC3)c(Cl)c2n1. The van der Waals surface area contributed by atoms with Crippen LogP contribution in [0, 0.1) is 29.6 Å². The molecular formula is C43H60ClN5O10. The molecule has 9 atom stereocenters. The van der Waals surface area contributed by atoms with Crippen molar-refractivity contribution in [2.45, 2.75) is 109 Å². The second-order valence-corrected chi connectivity index (χ2v) is 17.5. The molecule has 3 saturated carbocycles. The number of hydrogen-bond acceptors (Lipinski definition) is 11. The molecule has 0 spiro atoms. The molecule has 324 valence electrons. The van der Waals surface area contributed by atoms with Crippen molar-refractivity contribution < 1.29 is 48.0 Å². The normalized spacial score (nSPS) is 27.1. The molecule has 3 amide bonds. The summed E-state index contributed by atoms with van der Waals surface area (Å²) >= 11 is 6.90. The number of benzene rings is 1. The van der Waals surface area contributed by atoms with Gasteiger partial charge in [0.05, 0.1) is 32.3 Å². The monoisotopic (exact) mass is 841 g/mol. The summed E-state index contributed by atoms with van der Waals surface area (Å²) in [6.07, 6.45) is 7.08. The van der Waals surface area contributed by atoms with E-state index in [-0.39, 0.29) is 30.9 Å². The summed E-state index contributed by atoms with van der Waals surface area (Å²) in [7, 11) is 0. The van der Waals surface area contributed by atoms with Crippen LogP contribution in [-0.4, -0.2) is 121 Å². The second kappa shape index (κ2) is 19.5. The van der Waals surface area contributed by atoms with Crippen LogP contribution < -0.4 is 25.3 Å². The first-order valence-corrected chi connectivity index (χ1v) is 22.0. The fraction of sp³-hybridized carbons (Fsp3) is 0.698. The maximum absolute atomic E-state index is 14.4. The number of carboxylic acid groups (broad SMARTS) is 1. The smallest absolute Gasteiger partial charge is 0.408 e. The van der Waals surface area contributed by atoms with E-state index < -0.39 is 42.1 Å². The molecule has 7 rings (SSSR count). The molecule has 2 aliphatic heterocycles. The summed E-state index contributed by atoms with van der Waals surface area (Å²) in [4.78, 5) is 60.1. The number of carbonyl (C=O) groups excluding carboxylic acids is 3. The number of fused-ring (bicyclic) bond motifs is 2. The van der Waals surface area contributed by atoms with Crippen LogP contribution in [0.15, 0.2) is 18.2 Å². The van der Waals surface area contributed by atoms with E-state index >= 15 is 0 Å². The van der Waals surface area contributed by atoms with Crippen molar-refractivity contribution in [3.05, 3.63) is 23.2 Å². The highest BCUT2D eigenvalue weighted by molar-refractivity contribution is 6.36. The molecule has 5 aliphatic rings. The lowest BCUT2D eigenvalue weighted by atomic mass is 9.96. The Bertz CT molecular complexity index is 1820. The Hall–Kier alpha value is -4.08. The molecule has 3 unspecified atom stereocenters. The highest BCUT2D eigenvalue weighted by Crippen LogP contribution is 2.52. The van der Waals surface area contributed by atoms with Gasteiger partial charge in [-0.3, -0.25) is 19.3 Å². The molecule has 5 fully saturated rings. The Morgan fingerprint density at radius 1 is 0.983 bits per heavy atom. The van der Waals surface area contributed by atoms with Gasteiger partial charge in [0.1, 0.15) is 52.9 Å². The lowest BCUT2D eigenvalue weighted by molar-refractivity contribution is -0.139. The number of carboxylic acids is 1. The largest absolute Gasteiger partial charge is 0.491 e. The zero-order valence-corrected chi connectivity index (χ0v) is 35.0. The van der Waals surface area contributed by atoms with E-state index in [0.29, 0.717) is 90.3 Å². The van der Waals surface area contributed by atoms with Crippen molar-refractivity contribution in [2.75, 3.05) is 52.6 Å². The van der Waals surface area contributed by atoms with Crippen LogP contribution in [-0.2, 0) is 23.9 Å². The molecule has 0 radical (unpaired) electrons. The van der Waals surface area contributed by atoms with Gasteiger partial charge in [0, 0.05) is 37.5 Å². The van der Waals surface area contributed by atoms with Crippen LogP contribution >= 0.6 is 11.6 Å². The first-order chi connectivity index (χ1) is 28.5. The number of morpholine rings is 1. The van der Waals surface area contributed by atoms with E-state index in [4.69, 9.17) is 41.0 Å². The van der Waals surface area contributed by atoms with Gasteiger partial charge in [-0.1, -0.05) is 50.6 Å². The van der Waals surface area contributed by atoms with Crippen LogP contribution in [0.2, 0.25) is 5.02 Å². The number of hydrogen-bond donors (Lipinski definition) is 3. The van der Waals surface area contributed by atoms with Gasteiger partial charge in [-0.15, -0.1) is 0 Å². The Morgan fingerprint density at radius 3 is 2.42 bits per heavy atom. The van der Waals surface area contributed by atoms with E-state index in [9.17, 15) is 24.3 Å². The first kappa shape index (κ1) is 43.0. The number of nitrogens with two attached hydrogens (primary N) is 1. The number of pyridine rings is 1. The summed E-state index contributed by atoms with van der Waals surface area (Å²) in [5, 5.41) is 13.1. The minimum atomic E-state index is -0.956. The number of nitrogens with zero attached hydrogens (tertiary/aromatic N) is 3. The number of aliphatic carboxylic acids is 1. The van der Waals surface area contributed by atoms with Crippen LogP contribution in [0.4, 0.5) is 4.79 Å². The van der Waals surface area contributed by atoms with Gasteiger partial charge in [-0.05, 0) is 74.8 Å². The van der Waals surface area contributed by atoms with Gasteiger partial charge >= 0.3 is 12.1 Å². The van der Waals surface area contributed by atoms with Gasteiger partial charge in [-0.2, -0.15) is 0 Å². The molecule has 15 nitrogen and oxygen atoms in total. The molecule has 16 heteroatoms. The zero-order valence-electron chi connectivity index (χ0n) is 34.3. The lowest BCUT2D eigenvalue weighted by Gasteiger charge is -2.28. The average Bonchev–Trinajstić information content (AvgIpc) is 4.09. The number of rotatable bonds is 21. The van der Waals surface area contributed by atoms with Crippen LogP contribution in [0.3, 0.4) is 0 Å². The number of nitrogens with one attached hydrogen (secondary N) is 1. The van der Waals surface area contributed by atoms with Gasteiger partial charge < -0.3 is 44.7 Å². The van der Waals surface area contributed by atoms with E-state index in [1.54, 1.807) is 12.1 Å². The zero-order chi connectivity index (χ0) is 41.6. The van der Waals surface area contributed by atoms with Crippen LogP contribution in [0.1, 0.15) is 84.5 Å². The molecule has 0 bridgehead atoms. The fourth-order valence-corrected chi connectivity index (χ4v) is 9.61. The number of unbranched alkanes of at least 4 members (excludes halogenated alkanes) is 3. The van der Waals surface area contributed by atoms with Gasteiger partial charge in [0.25, 0.3) is 0 Å². The summed E-state index contributed by atoms with van der Waals surface area (Å²) in [6, 6.07) is 3.40. The number of aromatic nitrogens is 1. The molecule has 59 heavy (non-hydrogen) atoms. The molecule has 2 saturated heterocycles. The van der Waals surface area contributed by atoms with Gasteiger partial charge in [-0.25, -0.2) is 9.78 Å². The van der Waals surface area contributed by atoms with E-state index in [1.165, 1.54) is 11.3 Å². The Labute approximate surface area is 350 Å². The highest BCUT2D eigenvalue weighted by Gasteiger charge is 2.48. The minimum absolute atomic E-state index is 0.0618. The van der Waals surface area contributed by atoms with Crippen LogP contribution in [0.5, 0.6) is 17.4 Å². The number of ether oxygens (including phenoxy) is 5. The topological polar surface area (TPSA) is 192 Å².